The molecule has 3 N–H and O–H groups in total. The number of hydrogen-bond donors (Lipinski definition) is 2. The monoisotopic (exact) mass is 237 g/mol. The zero-order valence-corrected chi connectivity index (χ0v) is 11.0. The van der Waals surface area contributed by atoms with E-state index in [4.69, 9.17) is 10.5 Å². The summed E-state index contributed by atoms with van der Waals surface area (Å²) in [7, 11) is 3.76. The Bertz CT molecular complexity index is 341. The normalized spacial score (nSPS) is 10.6. The number of methoxy groups -OCH3 is 1. The summed E-state index contributed by atoms with van der Waals surface area (Å²) in [5, 5.41) is 3.36. The Hall–Kier alpha value is -1.42. The lowest BCUT2D eigenvalue weighted by molar-refractivity contribution is 0.351. The van der Waals surface area contributed by atoms with Gasteiger partial charge in [0.25, 0.3) is 0 Å². The molecular weight excluding hydrogens is 214 g/mol. The van der Waals surface area contributed by atoms with Crippen LogP contribution in [-0.2, 0) is 0 Å². The van der Waals surface area contributed by atoms with Gasteiger partial charge in [0.15, 0.2) is 0 Å². The second-order valence-electron chi connectivity index (χ2n) is 4.13. The molecule has 1 rings (SSSR count). The van der Waals surface area contributed by atoms with Gasteiger partial charge in [-0.2, -0.15) is 0 Å². The van der Waals surface area contributed by atoms with E-state index >= 15 is 0 Å². The summed E-state index contributed by atoms with van der Waals surface area (Å²) in [6.45, 7) is 5.32. The van der Waals surface area contributed by atoms with Crippen molar-refractivity contribution in [3.05, 3.63) is 18.2 Å². The molecule has 0 aromatic heterocycles. The Balaban J connectivity index is 2.36. The fourth-order valence-electron chi connectivity index (χ4n) is 1.56. The minimum atomic E-state index is 0.670. The molecule has 1 aromatic rings. The molecule has 0 aliphatic carbocycles. The maximum atomic E-state index is 5.75. The number of anilines is 2. The minimum Gasteiger partial charge on any atom is -0.495 e. The molecule has 0 saturated heterocycles. The molecule has 0 fully saturated rings. The van der Waals surface area contributed by atoms with E-state index in [2.05, 4.69) is 24.2 Å². The van der Waals surface area contributed by atoms with Crippen LogP contribution in [-0.4, -0.2) is 38.7 Å². The quantitative estimate of drug-likeness (QED) is 0.563. The maximum Gasteiger partial charge on any atom is 0.143 e. The molecule has 0 heterocycles. The average molecular weight is 237 g/mol. The van der Waals surface area contributed by atoms with Gasteiger partial charge in [0.2, 0.25) is 0 Å². The van der Waals surface area contributed by atoms with Crippen LogP contribution in [0.15, 0.2) is 18.2 Å². The Morgan fingerprint density at radius 3 is 2.82 bits per heavy atom. The molecule has 1 aromatic carbocycles. The van der Waals surface area contributed by atoms with Crippen LogP contribution in [0.1, 0.15) is 13.3 Å². The van der Waals surface area contributed by atoms with Gasteiger partial charge in [0.1, 0.15) is 5.75 Å². The number of rotatable bonds is 7. The highest BCUT2D eigenvalue weighted by Gasteiger charge is 2.00. The van der Waals surface area contributed by atoms with E-state index in [-0.39, 0.29) is 0 Å². The first kappa shape index (κ1) is 13.6. The van der Waals surface area contributed by atoms with E-state index in [1.165, 1.54) is 0 Å². The van der Waals surface area contributed by atoms with Crippen molar-refractivity contribution in [2.75, 3.05) is 44.8 Å². The second kappa shape index (κ2) is 7.01. The number of nitrogens with two attached hydrogens (primary N) is 1. The van der Waals surface area contributed by atoms with Gasteiger partial charge in [0, 0.05) is 18.3 Å². The van der Waals surface area contributed by atoms with Crippen LogP contribution >= 0.6 is 0 Å². The SMILES string of the molecule is CCN(C)CCCNc1ccc(N)c(OC)c1. The molecule has 0 radical (unpaired) electrons. The van der Waals surface area contributed by atoms with E-state index in [0.29, 0.717) is 5.69 Å². The van der Waals surface area contributed by atoms with Gasteiger partial charge in [-0.15, -0.1) is 0 Å². The molecule has 0 atom stereocenters. The largest absolute Gasteiger partial charge is 0.495 e. The smallest absolute Gasteiger partial charge is 0.143 e. The number of nitrogens with one attached hydrogen (secondary N) is 1. The average Bonchev–Trinajstić information content (AvgIpc) is 2.36. The number of benzene rings is 1. The van der Waals surface area contributed by atoms with Crippen LogP contribution in [0.3, 0.4) is 0 Å². The topological polar surface area (TPSA) is 50.5 Å². The summed E-state index contributed by atoms with van der Waals surface area (Å²) in [6, 6.07) is 5.76. The van der Waals surface area contributed by atoms with Crippen molar-refractivity contribution in [1.82, 2.24) is 4.90 Å². The molecule has 0 amide bonds. The summed E-state index contributed by atoms with van der Waals surface area (Å²) in [5.74, 6) is 0.723. The van der Waals surface area contributed by atoms with Crippen LogP contribution in [0.25, 0.3) is 0 Å². The number of nitrogen functional groups attached to an aromatic ring is 1. The van der Waals surface area contributed by atoms with E-state index in [0.717, 1.165) is 37.5 Å². The maximum absolute atomic E-state index is 5.75. The predicted octanol–water partition coefficient (Wildman–Crippen LogP) is 2.03. The summed E-state index contributed by atoms with van der Waals surface area (Å²) in [6.07, 6.45) is 1.12. The van der Waals surface area contributed by atoms with Crippen molar-refractivity contribution in [1.29, 1.82) is 0 Å². The zero-order chi connectivity index (χ0) is 12.7. The lowest BCUT2D eigenvalue weighted by atomic mass is 10.2. The number of hydrogen-bond acceptors (Lipinski definition) is 4. The molecule has 0 bridgehead atoms. The van der Waals surface area contributed by atoms with E-state index in [9.17, 15) is 0 Å². The Morgan fingerprint density at radius 2 is 2.18 bits per heavy atom. The molecule has 4 heteroatoms. The third-order valence-electron chi connectivity index (χ3n) is 2.82. The van der Waals surface area contributed by atoms with Crippen LogP contribution in [0.5, 0.6) is 5.75 Å². The molecular formula is C13H23N3O. The number of nitrogens with zero attached hydrogens (tertiary/aromatic N) is 1. The standard InChI is InChI=1S/C13H23N3O/c1-4-16(2)9-5-8-15-11-6-7-12(14)13(10-11)17-3/h6-7,10,15H,4-5,8-9,14H2,1-3H3. The highest BCUT2D eigenvalue weighted by atomic mass is 16.5. The Morgan fingerprint density at radius 1 is 1.41 bits per heavy atom. The highest BCUT2D eigenvalue weighted by molar-refractivity contribution is 5.61. The van der Waals surface area contributed by atoms with E-state index in [1.807, 2.05) is 18.2 Å². The first-order valence-electron chi connectivity index (χ1n) is 6.03. The molecule has 0 aliphatic rings. The van der Waals surface area contributed by atoms with Crippen molar-refractivity contribution in [2.24, 2.45) is 0 Å². The van der Waals surface area contributed by atoms with Gasteiger partial charge in [-0.3, -0.25) is 0 Å². The summed E-state index contributed by atoms with van der Waals surface area (Å²) in [5.41, 5.74) is 7.47. The fraction of sp³-hybridized carbons (Fsp3) is 0.538. The lowest BCUT2D eigenvalue weighted by Gasteiger charge is -2.14. The molecule has 96 valence electrons. The van der Waals surface area contributed by atoms with Gasteiger partial charge in [-0.25, -0.2) is 0 Å². The summed E-state index contributed by atoms with van der Waals surface area (Å²) in [4.78, 5) is 2.30. The first-order valence-corrected chi connectivity index (χ1v) is 6.03. The van der Waals surface area contributed by atoms with Gasteiger partial charge >= 0.3 is 0 Å². The van der Waals surface area contributed by atoms with Crippen LogP contribution in [0.2, 0.25) is 0 Å². The number of ether oxygens (including phenoxy) is 1. The van der Waals surface area contributed by atoms with Crippen molar-refractivity contribution in [3.63, 3.8) is 0 Å². The molecule has 0 spiro atoms. The first-order chi connectivity index (χ1) is 8.17. The van der Waals surface area contributed by atoms with Crippen LogP contribution in [0.4, 0.5) is 11.4 Å². The van der Waals surface area contributed by atoms with Crippen molar-refractivity contribution < 1.29 is 4.74 Å². The van der Waals surface area contributed by atoms with Gasteiger partial charge in [-0.05, 0) is 38.7 Å². The van der Waals surface area contributed by atoms with Gasteiger partial charge in [0.05, 0.1) is 12.8 Å². The fourth-order valence-corrected chi connectivity index (χ4v) is 1.56. The lowest BCUT2D eigenvalue weighted by Crippen LogP contribution is -2.20. The van der Waals surface area contributed by atoms with Crippen molar-refractivity contribution in [3.8, 4) is 5.75 Å². The van der Waals surface area contributed by atoms with E-state index in [1.54, 1.807) is 7.11 Å². The Kier molecular flexibility index (Phi) is 5.63. The third-order valence-corrected chi connectivity index (χ3v) is 2.82. The van der Waals surface area contributed by atoms with Crippen molar-refractivity contribution >= 4 is 11.4 Å². The third kappa shape index (κ3) is 4.53. The molecule has 17 heavy (non-hydrogen) atoms. The summed E-state index contributed by atoms with van der Waals surface area (Å²) < 4.78 is 5.17. The Labute approximate surface area is 104 Å². The minimum absolute atomic E-state index is 0.670. The van der Waals surface area contributed by atoms with E-state index < -0.39 is 0 Å². The van der Waals surface area contributed by atoms with Crippen molar-refractivity contribution in [2.45, 2.75) is 13.3 Å². The van der Waals surface area contributed by atoms with Crippen LogP contribution < -0.4 is 15.8 Å². The summed E-state index contributed by atoms with van der Waals surface area (Å²) >= 11 is 0. The molecule has 4 nitrogen and oxygen atoms in total. The van der Waals surface area contributed by atoms with Gasteiger partial charge in [-0.1, -0.05) is 6.92 Å². The second-order valence-corrected chi connectivity index (χ2v) is 4.13. The predicted molar refractivity (Wildman–Crippen MR) is 73.7 cm³/mol. The highest BCUT2D eigenvalue weighted by Crippen LogP contribution is 2.24. The molecule has 0 unspecified atom stereocenters. The van der Waals surface area contributed by atoms with Crippen LogP contribution in [0, 0.1) is 0 Å². The molecule has 0 aliphatic heterocycles. The van der Waals surface area contributed by atoms with Gasteiger partial charge < -0.3 is 20.7 Å². The molecule has 0 saturated carbocycles. The zero-order valence-electron chi connectivity index (χ0n) is 11.0.